The first-order valence-corrected chi connectivity index (χ1v) is 27.7. The molecule has 1 N–H and O–H groups in total. The average molecular weight is 1040 g/mol. The summed E-state index contributed by atoms with van der Waals surface area (Å²) in [7, 11) is 1.57. The maximum atomic E-state index is 15.5. The zero-order chi connectivity index (χ0) is 56.0. The van der Waals surface area contributed by atoms with Crippen LogP contribution in [0.5, 0.6) is 23.0 Å². The fourth-order valence-corrected chi connectivity index (χ4v) is 10.7. The zero-order valence-electron chi connectivity index (χ0n) is 48.7. The molecule has 0 unspecified atom stereocenters. The predicted octanol–water partition coefficient (Wildman–Crippen LogP) is 17.0. The van der Waals surface area contributed by atoms with Crippen LogP contribution in [0.3, 0.4) is 0 Å². The highest BCUT2D eigenvalue weighted by atomic mass is 16.6. The second-order valence-electron chi connectivity index (χ2n) is 25.9. The molecule has 8 aromatic carbocycles. The molecule has 0 spiro atoms. The first-order valence-electron chi connectivity index (χ1n) is 27.7. The normalized spacial score (nSPS) is 13.9. The number of hydrogen-bond acceptors (Lipinski definition) is 6. The van der Waals surface area contributed by atoms with E-state index in [-0.39, 0.29) is 33.8 Å². The number of fused-ring (bicyclic) bond motifs is 9. The third-order valence-electron chi connectivity index (χ3n) is 15.7. The number of carbonyl (C=O) groups is 1. The van der Waals surface area contributed by atoms with Gasteiger partial charge in [-0.1, -0.05) is 235 Å². The monoisotopic (exact) mass is 1040 g/mol. The molecule has 0 aliphatic heterocycles. The standard InChI is InChI=1S/C72H80O6/c1-68(2,3)57-36-49-32-51-38-58(69(4,5)6)39-52(64(51)76-44-46-24-17-15-18-25-46)34-53-40-59(70(7,8)9)41-54(65(53)77-45-47-26-19-16-20-27-47)35-56-43-60(71(10,11)12)42-55(33-50(37-57)63(49)73)66(56)78-67(74)72(13,75-14)62-31-23-29-48-28-21-22-30-61(48)62/h15-31,36-43,73H,32-35,44-45H2,1-14H3/t72-/m1/s1. The van der Waals surface area contributed by atoms with E-state index in [1.54, 1.807) is 14.0 Å². The van der Waals surface area contributed by atoms with Gasteiger partial charge in [-0.05, 0) is 106 Å². The first kappa shape index (κ1) is 55.6. The lowest BCUT2D eigenvalue weighted by molar-refractivity contribution is -0.158. The Morgan fingerprint density at radius 1 is 0.423 bits per heavy atom. The van der Waals surface area contributed by atoms with Crippen LogP contribution < -0.4 is 14.2 Å². The van der Waals surface area contributed by atoms with Crippen molar-refractivity contribution in [2.45, 2.75) is 156 Å². The third-order valence-corrected chi connectivity index (χ3v) is 15.7. The van der Waals surface area contributed by atoms with E-state index in [4.69, 9.17) is 18.9 Å². The maximum absolute atomic E-state index is 15.5. The van der Waals surface area contributed by atoms with Crippen LogP contribution >= 0.6 is 0 Å². The summed E-state index contributed by atoms with van der Waals surface area (Å²) in [5, 5.41) is 14.9. The molecule has 0 heterocycles. The Hall–Kier alpha value is -7.15. The van der Waals surface area contributed by atoms with Crippen LogP contribution in [-0.2, 0) is 75.7 Å². The summed E-state index contributed by atoms with van der Waals surface area (Å²) >= 11 is 0. The number of rotatable bonds is 10. The molecule has 6 heteroatoms. The number of hydrogen-bond donors (Lipinski definition) is 1. The second-order valence-corrected chi connectivity index (χ2v) is 25.9. The molecule has 9 rings (SSSR count). The summed E-state index contributed by atoms with van der Waals surface area (Å²) in [4.78, 5) is 15.5. The molecule has 0 saturated carbocycles. The minimum atomic E-state index is -1.50. The number of benzene rings is 8. The molecule has 1 atom stereocenters. The topological polar surface area (TPSA) is 74.2 Å². The predicted molar refractivity (Wildman–Crippen MR) is 319 cm³/mol. The first-order chi connectivity index (χ1) is 36.8. The molecule has 8 bridgehead atoms. The van der Waals surface area contributed by atoms with Crippen molar-refractivity contribution in [1.29, 1.82) is 0 Å². The van der Waals surface area contributed by atoms with Gasteiger partial charge in [-0.3, -0.25) is 0 Å². The number of ether oxygens (including phenoxy) is 4. The van der Waals surface area contributed by atoms with Crippen molar-refractivity contribution in [2.75, 3.05) is 7.11 Å². The van der Waals surface area contributed by atoms with Crippen molar-refractivity contribution in [2.24, 2.45) is 0 Å². The molecule has 8 aromatic rings. The molecular formula is C72H80O6. The Bertz CT molecular complexity index is 3480. The average Bonchev–Trinajstić information content (AvgIpc) is 3.41. The number of phenolic OH excluding ortho intramolecular Hbond substituents is 1. The van der Waals surface area contributed by atoms with Crippen molar-refractivity contribution in [1.82, 2.24) is 0 Å². The van der Waals surface area contributed by atoms with E-state index in [0.717, 1.165) is 94.6 Å². The molecule has 0 fully saturated rings. The van der Waals surface area contributed by atoms with Gasteiger partial charge in [-0.15, -0.1) is 0 Å². The van der Waals surface area contributed by atoms with E-state index in [0.29, 0.717) is 43.8 Å². The SMILES string of the molecule is CO[C@@](C)(C(=O)Oc1c2cc(C(C)(C)C)cc1Cc1cc(C(C)(C)C)cc(c1OCc1ccccc1)Cc1cc(C(C)(C)C)cc(c1OCc1ccccc1)Cc1cc(C(C)(C)C)cc(c1O)C2)c1cccc2ccccc12. The zero-order valence-corrected chi connectivity index (χ0v) is 48.7. The Balaban J connectivity index is 1.37. The summed E-state index contributed by atoms with van der Waals surface area (Å²) in [5.74, 6) is 1.70. The van der Waals surface area contributed by atoms with Crippen LogP contribution in [0.1, 0.15) is 173 Å². The van der Waals surface area contributed by atoms with Crippen LogP contribution in [0.25, 0.3) is 10.8 Å². The van der Waals surface area contributed by atoms with Crippen LogP contribution in [0.2, 0.25) is 0 Å². The molecule has 404 valence electrons. The van der Waals surface area contributed by atoms with Crippen LogP contribution in [0, 0.1) is 0 Å². The van der Waals surface area contributed by atoms with Gasteiger partial charge >= 0.3 is 5.97 Å². The van der Waals surface area contributed by atoms with Gasteiger partial charge in [-0.2, -0.15) is 0 Å². The van der Waals surface area contributed by atoms with E-state index in [2.05, 4.69) is 156 Å². The van der Waals surface area contributed by atoms with E-state index in [9.17, 15) is 5.11 Å². The Morgan fingerprint density at radius 3 is 1.14 bits per heavy atom. The van der Waals surface area contributed by atoms with Gasteiger partial charge in [0.15, 0.2) is 5.60 Å². The van der Waals surface area contributed by atoms with E-state index in [1.165, 1.54) is 5.56 Å². The van der Waals surface area contributed by atoms with E-state index in [1.807, 2.05) is 78.9 Å². The van der Waals surface area contributed by atoms with E-state index < -0.39 is 11.6 Å². The summed E-state index contributed by atoms with van der Waals surface area (Å²) in [6.45, 7) is 29.4. The highest BCUT2D eigenvalue weighted by Gasteiger charge is 2.40. The summed E-state index contributed by atoms with van der Waals surface area (Å²) in [6.07, 6.45) is 1.53. The van der Waals surface area contributed by atoms with Crippen molar-refractivity contribution in [3.05, 3.63) is 235 Å². The number of aromatic hydroxyl groups is 1. The quantitative estimate of drug-likeness (QED) is 0.109. The minimum Gasteiger partial charge on any atom is -0.507 e. The Labute approximate surface area is 464 Å². The summed E-state index contributed by atoms with van der Waals surface area (Å²) in [6, 6.07) is 52.6. The molecule has 1 aliphatic rings. The molecule has 6 nitrogen and oxygen atoms in total. The Kier molecular flexibility index (Phi) is 15.4. The fourth-order valence-electron chi connectivity index (χ4n) is 10.7. The van der Waals surface area contributed by atoms with Crippen molar-refractivity contribution in [3.8, 4) is 23.0 Å². The van der Waals surface area contributed by atoms with Gasteiger partial charge in [0.25, 0.3) is 0 Å². The van der Waals surface area contributed by atoms with Crippen LogP contribution in [-0.4, -0.2) is 18.2 Å². The summed E-state index contributed by atoms with van der Waals surface area (Å²) in [5.41, 5.74) is 11.9. The lowest BCUT2D eigenvalue weighted by Crippen LogP contribution is -2.38. The lowest BCUT2D eigenvalue weighted by Gasteiger charge is -2.30. The molecule has 0 radical (unpaired) electrons. The summed E-state index contributed by atoms with van der Waals surface area (Å²) < 4.78 is 27.8. The Morgan fingerprint density at radius 2 is 0.756 bits per heavy atom. The van der Waals surface area contributed by atoms with Gasteiger partial charge in [-0.25, -0.2) is 4.79 Å². The minimum absolute atomic E-state index is 0.209. The van der Waals surface area contributed by atoms with Gasteiger partial charge in [0, 0.05) is 49.5 Å². The van der Waals surface area contributed by atoms with Crippen molar-refractivity contribution >= 4 is 16.7 Å². The van der Waals surface area contributed by atoms with Crippen LogP contribution in [0.4, 0.5) is 0 Å². The largest absolute Gasteiger partial charge is 0.507 e. The smallest absolute Gasteiger partial charge is 0.348 e. The highest BCUT2D eigenvalue weighted by molar-refractivity contribution is 5.93. The number of methoxy groups -OCH3 is 1. The highest BCUT2D eigenvalue weighted by Crippen LogP contribution is 2.45. The molecular weight excluding hydrogens is 961 g/mol. The van der Waals surface area contributed by atoms with Gasteiger partial charge < -0.3 is 24.1 Å². The van der Waals surface area contributed by atoms with Gasteiger partial charge in [0.1, 0.15) is 36.2 Å². The van der Waals surface area contributed by atoms with Crippen molar-refractivity contribution in [3.63, 3.8) is 0 Å². The number of esters is 1. The number of carbonyl (C=O) groups excluding carboxylic acids is 1. The van der Waals surface area contributed by atoms with E-state index >= 15 is 4.79 Å². The number of phenols is 1. The van der Waals surface area contributed by atoms with Crippen molar-refractivity contribution < 1.29 is 28.8 Å². The maximum Gasteiger partial charge on any atom is 0.348 e. The lowest BCUT2D eigenvalue weighted by atomic mass is 9.79. The molecule has 0 aromatic heterocycles. The fraction of sp³-hybridized carbons (Fsp3) is 0.347. The van der Waals surface area contributed by atoms with Crippen LogP contribution in [0.15, 0.2) is 152 Å². The molecule has 78 heavy (non-hydrogen) atoms. The molecule has 0 saturated heterocycles. The third kappa shape index (κ3) is 12.0. The van der Waals surface area contributed by atoms with Gasteiger partial charge in [0.2, 0.25) is 0 Å². The second kappa shape index (κ2) is 21.6. The van der Waals surface area contributed by atoms with Gasteiger partial charge in [0.05, 0.1) is 0 Å². The molecule has 1 aliphatic carbocycles. The molecule has 0 amide bonds.